The van der Waals surface area contributed by atoms with Crippen molar-refractivity contribution in [2.75, 3.05) is 0 Å². The first-order valence-electron chi connectivity index (χ1n) is 31.5. The number of fused-ring (bicyclic) bond motifs is 15. The minimum atomic E-state index is 0.689. The zero-order valence-electron chi connectivity index (χ0n) is 49.7. The summed E-state index contributed by atoms with van der Waals surface area (Å²) in [5, 5.41) is 12.2. The minimum absolute atomic E-state index is 0.689. The molecular weight excluding hydrogens is 1120 g/mol. The molecule has 92 heavy (non-hydrogen) atoms. The zero-order chi connectivity index (χ0) is 60.1. The van der Waals surface area contributed by atoms with Crippen LogP contribution >= 0.6 is 0 Å². The number of hydrogen-bond donors (Lipinski definition) is 0. The molecule has 20 rings (SSSR count). The summed E-state index contributed by atoms with van der Waals surface area (Å²) in [5.41, 5.74) is 25.9. The molecule has 0 radical (unpaired) electrons. The largest absolute Gasteiger partial charge is 0.309 e. The standard InChI is InChI=1S/C86H52N6/c1-3-19-60(20-4-1)89-74-29-11-7-23-64(74)70-49-56(37-45-78(70)89)58-39-47-80-72(51-58)66-25-9-13-31-76(66)91(80)62-41-33-54(34-42-62)84-83-68-27-15-17-53-18-16-28-69(82(53)68)85(83)88-86(87-84)55-35-43-63(44-36-55)92-77-32-14-10-26-67(77)73-52-59(40-48-81(73)92)57-38-46-79-71(50-57)65-24-8-12-30-75(65)90(79)61-21-5-2-6-22-61/h1-52H. The number of para-hydroxylation sites is 6. The molecule has 0 amide bonds. The summed E-state index contributed by atoms with van der Waals surface area (Å²) < 4.78 is 9.56. The first-order chi connectivity index (χ1) is 45.6. The molecule has 0 spiro atoms. The monoisotopic (exact) mass is 1170 g/mol. The third-order valence-corrected chi connectivity index (χ3v) is 19.5. The second-order valence-electron chi connectivity index (χ2n) is 24.4. The molecular formula is C86H52N6. The van der Waals surface area contributed by atoms with Gasteiger partial charge in [-0.15, -0.1) is 0 Å². The highest BCUT2D eigenvalue weighted by Gasteiger charge is 2.29. The van der Waals surface area contributed by atoms with Gasteiger partial charge in [-0.3, -0.25) is 0 Å². The number of hydrogen-bond acceptors (Lipinski definition) is 2. The number of benzene rings is 14. The molecule has 19 aromatic rings. The summed E-state index contributed by atoms with van der Waals surface area (Å²) in [4.78, 5) is 11.1. The van der Waals surface area contributed by atoms with Gasteiger partial charge in [0.05, 0.1) is 55.5 Å². The molecule has 5 heterocycles. The maximum atomic E-state index is 5.59. The normalized spacial score (nSPS) is 12.1. The Kier molecular flexibility index (Phi) is 10.8. The molecule has 1 aliphatic rings. The number of nitrogens with zero attached hydrogens (tertiary/aromatic N) is 6. The Hall–Kier alpha value is -12.4. The molecule has 6 nitrogen and oxygen atoms in total. The lowest BCUT2D eigenvalue weighted by molar-refractivity contribution is 1.16. The van der Waals surface area contributed by atoms with Gasteiger partial charge in [-0.25, -0.2) is 9.97 Å². The van der Waals surface area contributed by atoms with Gasteiger partial charge >= 0.3 is 0 Å². The Morgan fingerprint density at radius 1 is 0.207 bits per heavy atom. The van der Waals surface area contributed by atoms with E-state index in [0.717, 1.165) is 78.5 Å². The quantitative estimate of drug-likeness (QED) is 0.152. The summed E-state index contributed by atoms with van der Waals surface area (Å²) in [7, 11) is 0. The molecule has 1 aliphatic carbocycles. The number of aromatic nitrogens is 6. The molecule has 14 aromatic carbocycles. The van der Waals surface area contributed by atoms with Crippen molar-refractivity contribution in [3.05, 3.63) is 315 Å². The summed E-state index contributed by atoms with van der Waals surface area (Å²) in [5.74, 6) is 0.689. The first-order valence-corrected chi connectivity index (χ1v) is 31.5. The van der Waals surface area contributed by atoms with Gasteiger partial charge in [0, 0.05) is 88.1 Å². The van der Waals surface area contributed by atoms with Gasteiger partial charge in [-0.05, 0) is 172 Å². The van der Waals surface area contributed by atoms with Crippen LogP contribution < -0.4 is 0 Å². The van der Waals surface area contributed by atoms with Gasteiger partial charge in [0.25, 0.3) is 0 Å². The van der Waals surface area contributed by atoms with Crippen LogP contribution in [0.2, 0.25) is 0 Å². The molecule has 0 atom stereocenters. The fourth-order valence-corrected chi connectivity index (χ4v) is 15.4. The van der Waals surface area contributed by atoms with E-state index in [2.05, 4.69) is 334 Å². The lowest BCUT2D eigenvalue weighted by Gasteiger charge is -2.14. The van der Waals surface area contributed by atoms with E-state index in [0.29, 0.717) is 5.82 Å². The van der Waals surface area contributed by atoms with Gasteiger partial charge in [0.2, 0.25) is 0 Å². The molecule has 5 aromatic heterocycles. The van der Waals surface area contributed by atoms with Crippen molar-refractivity contribution in [1.82, 2.24) is 28.2 Å². The summed E-state index contributed by atoms with van der Waals surface area (Å²) in [6, 6.07) is 115. The highest BCUT2D eigenvalue weighted by molar-refractivity contribution is 6.18. The van der Waals surface area contributed by atoms with E-state index in [-0.39, 0.29) is 0 Å². The molecule has 0 saturated heterocycles. The van der Waals surface area contributed by atoms with Gasteiger partial charge in [0.15, 0.2) is 5.82 Å². The molecule has 0 fully saturated rings. The van der Waals surface area contributed by atoms with Crippen molar-refractivity contribution in [1.29, 1.82) is 0 Å². The van der Waals surface area contributed by atoms with E-state index in [9.17, 15) is 0 Å². The van der Waals surface area contributed by atoms with Crippen molar-refractivity contribution < 1.29 is 0 Å². The topological polar surface area (TPSA) is 45.5 Å². The van der Waals surface area contributed by atoms with Gasteiger partial charge in [0.1, 0.15) is 0 Å². The van der Waals surface area contributed by atoms with Crippen LogP contribution in [0, 0.1) is 0 Å². The fourth-order valence-electron chi connectivity index (χ4n) is 15.4. The molecule has 0 aliphatic heterocycles. The SMILES string of the molecule is c1ccc(-n2c3ccccc3c3cc(-c4ccc5c(c4)c4ccccc4n5-c4ccc(-c5nc(-c6ccc(-n7c8ccccc8c8cc(-c9ccc%10c(c9)c9ccccc9n%10-c9ccccc9)ccc87)cc6)c6c(n5)-c5cccc7cccc-6c57)cc4)ccc32)cc1. The summed E-state index contributed by atoms with van der Waals surface area (Å²) >= 11 is 0. The Bertz CT molecular complexity index is 6280. The Balaban J connectivity index is 0.669. The van der Waals surface area contributed by atoms with Crippen LogP contribution in [-0.2, 0) is 0 Å². The molecule has 0 N–H and O–H groups in total. The van der Waals surface area contributed by atoms with Gasteiger partial charge in [-0.1, -0.05) is 182 Å². The van der Waals surface area contributed by atoms with Gasteiger partial charge < -0.3 is 18.3 Å². The van der Waals surface area contributed by atoms with E-state index in [4.69, 9.17) is 9.97 Å². The van der Waals surface area contributed by atoms with Crippen LogP contribution in [0.1, 0.15) is 0 Å². The molecule has 0 unspecified atom stereocenters. The lowest BCUT2D eigenvalue weighted by atomic mass is 9.99. The van der Waals surface area contributed by atoms with Crippen LogP contribution in [0.3, 0.4) is 0 Å². The van der Waals surface area contributed by atoms with Crippen LogP contribution in [0.5, 0.6) is 0 Å². The highest BCUT2D eigenvalue weighted by atomic mass is 15.0. The van der Waals surface area contributed by atoms with E-state index in [1.54, 1.807) is 0 Å². The predicted molar refractivity (Wildman–Crippen MR) is 383 cm³/mol. The Labute approximate surface area is 528 Å². The number of rotatable bonds is 8. The second-order valence-corrected chi connectivity index (χ2v) is 24.4. The molecule has 0 saturated carbocycles. The van der Waals surface area contributed by atoms with Crippen molar-refractivity contribution in [2.45, 2.75) is 0 Å². The lowest BCUT2D eigenvalue weighted by Crippen LogP contribution is -1.99. The maximum absolute atomic E-state index is 5.59. The average Bonchev–Trinajstić information content (AvgIpc) is 1.61. The van der Waals surface area contributed by atoms with Crippen LogP contribution in [0.15, 0.2) is 315 Å². The third kappa shape index (κ3) is 7.43. The van der Waals surface area contributed by atoms with Crippen molar-refractivity contribution in [3.8, 4) is 90.0 Å². The van der Waals surface area contributed by atoms with Crippen LogP contribution in [-0.4, -0.2) is 28.2 Å². The Morgan fingerprint density at radius 3 is 0.924 bits per heavy atom. The zero-order valence-corrected chi connectivity index (χ0v) is 49.7. The van der Waals surface area contributed by atoms with E-state index in [1.807, 2.05) is 0 Å². The van der Waals surface area contributed by atoms with Crippen molar-refractivity contribution >= 4 is 98.0 Å². The first kappa shape index (κ1) is 50.6. The maximum Gasteiger partial charge on any atom is 0.160 e. The van der Waals surface area contributed by atoms with Crippen LogP contribution in [0.4, 0.5) is 0 Å². The summed E-state index contributed by atoms with van der Waals surface area (Å²) in [6.07, 6.45) is 0. The Morgan fingerprint density at radius 2 is 0.522 bits per heavy atom. The second kappa shape index (κ2) is 19.6. The average molecular weight is 1170 g/mol. The van der Waals surface area contributed by atoms with Crippen molar-refractivity contribution in [3.63, 3.8) is 0 Å². The van der Waals surface area contributed by atoms with E-state index < -0.39 is 0 Å². The fraction of sp³-hybridized carbons (Fsp3) is 0. The van der Waals surface area contributed by atoms with E-state index >= 15 is 0 Å². The van der Waals surface area contributed by atoms with E-state index in [1.165, 1.54) is 104 Å². The smallest absolute Gasteiger partial charge is 0.160 e. The molecule has 6 heteroatoms. The van der Waals surface area contributed by atoms with Gasteiger partial charge in [-0.2, -0.15) is 0 Å². The summed E-state index contributed by atoms with van der Waals surface area (Å²) in [6.45, 7) is 0. The van der Waals surface area contributed by atoms with Crippen LogP contribution in [0.25, 0.3) is 188 Å². The highest BCUT2D eigenvalue weighted by Crippen LogP contribution is 2.51. The third-order valence-electron chi connectivity index (χ3n) is 19.5. The molecule has 426 valence electrons. The van der Waals surface area contributed by atoms with Crippen molar-refractivity contribution in [2.24, 2.45) is 0 Å². The minimum Gasteiger partial charge on any atom is -0.309 e. The molecule has 0 bridgehead atoms. The predicted octanol–water partition coefficient (Wildman–Crippen LogP) is 22.3.